The van der Waals surface area contributed by atoms with Crippen LogP contribution in [0.5, 0.6) is 0 Å². The number of fused-ring (bicyclic) bond motifs is 3. The molecule has 4 amide bonds. The number of nitrogens with one attached hydrogen (secondary N) is 2. The lowest BCUT2D eigenvalue weighted by Crippen LogP contribution is -2.43. The molecule has 7 nitrogen and oxygen atoms in total. The predicted octanol–water partition coefficient (Wildman–Crippen LogP) is 4.23. The van der Waals surface area contributed by atoms with E-state index in [9.17, 15) is 14.4 Å². The maximum atomic E-state index is 13.3. The molecule has 4 aromatic rings. The van der Waals surface area contributed by atoms with Crippen molar-refractivity contribution >= 4 is 34.4 Å². The SMILES string of the molecule is O=C(CN1C(=O)NC2(CCc3ccccc32)C1=O)Nc1cccc(-c2ccc3ccccc3c2)n1. The Hall–Kier alpha value is -4.52. The fraction of sp³-hybridized carbons (Fsp3) is 0.143. The average molecular weight is 463 g/mol. The standard InChI is InChI=1S/C28H22N4O3/c33-25(17-32-26(34)28(31-27(32)35)15-14-19-7-3-4-9-22(19)28)30-24-11-5-10-23(29-24)21-13-12-18-6-1-2-8-20(18)16-21/h1-13,16H,14-15,17H2,(H,31,35)(H,29,30,33). The molecular weight excluding hydrogens is 440 g/mol. The Balaban J connectivity index is 1.19. The third-order valence-corrected chi connectivity index (χ3v) is 6.79. The van der Waals surface area contributed by atoms with Gasteiger partial charge >= 0.3 is 6.03 Å². The minimum Gasteiger partial charge on any atom is -0.319 e. The molecule has 1 aromatic heterocycles. The van der Waals surface area contributed by atoms with E-state index >= 15 is 0 Å². The molecule has 1 atom stereocenters. The zero-order chi connectivity index (χ0) is 24.0. The van der Waals surface area contributed by atoms with Crippen LogP contribution in [0.25, 0.3) is 22.0 Å². The van der Waals surface area contributed by atoms with E-state index in [4.69, 9.17) is 0 Å². The van der Waals surface area contributed by atoms with E-state index in [0.29, 0.717) is 24.4 Å². The van der Waals surface area contributed by atoms with Crippen molar-refractivity contribution in [3.05, 3.63) is 96.1 Å². The lowest BCUT2D eigenvalue weighted by Gasteiger charge is -2.22. The summed E-state index contributed by atoms with van der Waals surface area (Å²) >= 11 is 0. The first kappa shape index (κ1) is 21.0. The number of hydrogen-bond acceptors (Lipinski definition) is 4. The molecule has 1 aliphatic carbocycles. The quantitative estimate of drug-likeness (QED) is 0.444. The number of carbonyl (C=O) groups is 3. The third kappa shape index (κ3) is 3.52. The van der Waals surface area contributed by atoms with E-state index in [0.717, 1.165) is 32.4 Å². The molecule has 172 valence electrons. The van der Waals surface area contributed by atoms with Gasteiger partial charge in [-0.1, -0.05) is 66.7 Å². The van der Waals surface area contributed by atoms with E-state index < -0.39 is 17.5 Å². The summed E-state index contributed by atoms with van der Waals surface area (Å²) in [6.07, 6.45) is 1.19. The second-order valence-electron chi connectivity index (χ2n) is 8.90. The minimum atomic E-state index is -1.08. The molecule has 35 heavy (non-hydrogen) atoms. The highest BCUT2D eigenvalue weighted by Crippen LogP contribution is 2.41. The van der Waals surface area contributed by atoms with Crippen molar-refractivity contribution in [2.45, 2.75) is 18.4 Å². The number of aryl methyl sites for hydroxylation is 1. The third-order valence-electron chi connectivity index (χ3n) is 6.79. The van der Waals surface area contributed by atoms with Crippen molar-refractivity contribution in [3.8, 4) is 11.3 Å². The van der Waals surface area contributed by atoms with E-state index in [1.165, 1.54) is 0 Å². The molecular formula is C28H22N4O3. The molecule has 2 aliphatic rings. The smallest absolute Gasteiger partial charge is 0.319 e. The van der Waals surface area contributed by atoms with Crippen LogP contribution in [-0.2, 0) is 21.5 Å². The molecule has 1 aliphatic heterocycles. The van der Waals surface area contributed by atoms with Crippen LogP contribution in [0.1, 0.15) is 17.5 Å². The van der Waals surface area contributed by atoms with Crippen LogP contribution in [0.3, 0.4) is 0 Å². The molecule has 3 aromatic carbocycles. The Morgan fingerprint density at radius 1 is 0.943 bits per heavy atom. The topological polar surface area (TPSA) is 91.4 Å². The van der Waals surface area contributed by atoms with Crippen LogP contribution in [0.2, 0.25) is 0 Å². The van der Waals surface area contributed by atoms with Crippen molar-refractivity contribution < 1.29 is 14.4 Å². The molecule has 7 heteroatoms. The van der Waals surface area contributed by atoms with Crippen LogP contribution in [0.15, 0.2) is 84.9 Å². The van der Waals surface area contributed by atoms with Gasteiger partial charge in [-0.2, -0.15) is 0 Å². The maximum Gasteiger partial charge on any atom is 0.325 e. The number of pyridine rings is 1. The number of imide groups is 1. The molecule has 1 spiro atoms. The maximum absolute atomic E-state index is 13.3. The molecule has 2 heterocycles. The Bertz CT molecular complexity index is 1520. The van der Waals surface area contributed by atoms with Crippen LogP contribution in [-0.4, -0.2) is 34.3 Å². The predicted molar refractivity (Wildman–Crippen MR) is 132 cm³/mol. The van der Waals surface area contributed by atoms with Crippen molar-refractivity contribution in [2.24, 2.45) is 0 Å². The van der Waals surface area contributed by atoms with E-state index in [1.54, 1.807) is 6.07 Å². The van der Waals surface area contributed by atoms with Crippen LogP contribution >= 0.6 is 0 Å². The lowest BCUT2D eigenvalue weighted by atomic mass is 9.92. The summed E-state index contributed by atoms with van der Waals surface area (Å²) < 4.78 is 0. The largest absolute Gasteiger partial charge is 0.325 e. The molecule has 1 saturated heterocycles. The number of carbonyl (C=O) groups excluding carboxylic acids is 3. The van der Waals surface area contributed by atoms with Gasteiger partial charge < -0.3 is 10.6 Å². The highest BCUT2D eigenvalue weighted by atomic mass is 16.2. The number of nitrogens with zero attached hydrogens (tertiary/aromatic N) is 2. The summed E-state index contributed by atoms with van der Waals surface area (Å²) in [7, 11) is 0. The second-order valence-corrected chi connectivity index (χ2v) is 8.90. The highest BCUT2D eigenvalue weighted by molar-refractivity contribution is 6.10. The first-order chi connectivity index (χ1) is 17.0. The summed E-state index contributed by atoms with van der Waals surface area (Å²) in [6.45, 7) is -0.379. The summed E-state index contributed by atoms with van der Waals surface area (Å²) in [6, 6.07) is 26.6. The molecule has 0 bridgehead atoms. The van der Waals surface area contributed by atoms with Crippen LogP contribution < -0.4 is 10.6 Å². The number of anilines is 1. The van der Waals surface area contributed by atoms with Gasteiger partial charge in [-0.25, -0.2) is 9.78 Å². The molecule has 1 unspecified atom stereocenters. The molecule has 2 N–H and O–H groups in total. The molecule has 0 radical (unpaired) electrons. The summed E-state index contributed by atoms with van der Waals surface area (Å²) in [5.41, 5.74) is 2.41. The average Bonchev–Trinajstić information content (AvgIpc) is 3.36. The Morgan fingerprint density at radius 3 is 2.63 bits per heavy atom. The molecule has 0 saturated carbocycles. The van der Waals surface area contributed by atoms with E-state index in [-0.39, 0.29) is 12.5 Å². The van der Waals surface area contributed by atoms with E-state index in [1.807, 2.05) is 72.8 Å². The Kier molecular flexibility index (Phi) is 4.84. The van der Waals surface area contributed by atoms with Gasteiger partial charge in [-0.15, -0.1) is 0 Å². The van der Waals surface area contributed by atoms with Crippen LogP contribution in [0.4, 0.5) is 10.6 Å². The van der Waals surface area contributed by atoms with Gasteiger partial charge in [0.1, 0.15) is 17.9 Å². The van der Waals surface area contributed by atoms with Gasteiger partial charge in [0.25, 0.3) is 5.91 Å². The van der Waals surface area contributed by atoms with Gasteiger partial charge in [-0.05, 0) is 52.9 Å². The Labute approximate surface area is 201 Å². The molecule has 6 rings (SSSR count). The summed E-state index contributed by atoms with van der Waals surface area (Å²) in [5, 5.41) is 7.81. The fourth-order valence-electron chi connectivity index (χ4n) is 5.07. The fourth-order valence-corrected chi connectivity index (χ4v) is 5.07. The van der Waals surface area contributed by atoms with Crippen molar-refractivity contribution in [3.63, 3.8) is 0 Å². The number of urea groups is 1. The molecule has 1 fully saturated rings. The summed E-state index contributed by atoms with van der Waals surface area (Å²) in [4.78, 5) is 44.3. The van der Waals surface area contributed by atoms with Gasteiger partial charge in [0.05, 0.1) is 5.69 Å². The van der Waals surface area contributed by atoms with Crippen molar-refractivity contribution in [1.29, 1.82) is 0 Å². The van der Waals surface area contributed by atoms with Crippen LogP contribution in [0, 0.1) is 0 Å². The first-order valence-corrected chi connectivity index (χ1v) is 11.5. The highest BCUT2D eigenvalue weighted by Gasteiger charge is 2.55. The van der Waals surface area contributed by atoms with Crippen molar-refractivity contribution in [1.82, 2.24) is 15.2 Å². The van der Waals surface area contributed by atoms with Gasteiger partial charge in [-0.3, -0.25) is 14.5 Å². The number of hydrogen-bond donors (Lipinski definition) is 2. The van der Waals surface area contributed by atoms with Gasteiger partial charge in [0.2, 0.25) is 5.91 Å². The zero-order valence-electron chi connectivity index (χ0n) is 18.8. The minimum absolute atomic E-state index is 0.355. The first-order valence-electron chi connectivity index (χ1n) is 11.5. The van der Waals surface area contributed by atoms with E-state index in [2.05, 4.69) is 21.7 Å². The number of benzene rings is 3. The van der Waals surface area contributed by atoms with Gasteiger partial charge in [0, 0.05) is 5.56 Å². The monoisotopic (exact) mass is 462 g/mol. The number of amides is 4. The van der Waals surface area contributed by atoms with Gasteiger partial charge in [0.15, 0.2) is 0 Å². The number of aromatic nitrogens is 1. The lowest BCUT2D eigenvalue weighted by molar-refractivity contribution is -0.134. The normalized spacial score (nSPS) is 18.7. The number of rotatable bonds is 4. The Morgan fingerprint density at radius 2 is 1.74 bits per heavy atom. The summed E-state index contributed by atoms with van der Waals surface area (Å²) in [5.74, 6) is -0.519. The van der Waals surface area contributed by atoms with Crippen molar-refractivity contribution in [2.75, 3.05) is 11.9 Å². The zero-order valence-corrected chi connectivity index (χ0v) is 18.8. The second kappa shape index (κ2) is 8.06.